The molecule has 0 aliphatic carbocycles. The first-order valence-electron chi connectivity index (χ1n) is 9.49. The Hall–Kier alpha value is -1.69. The van der Waals surface area contributed by atoms with Crippen LogP contribution >= 0.6 is 0 Å². The molecular formula is C18H29N3O6S2. The highest BCUT2D eigenvalue weighted by Gasteiger charge is 2.29. The molecule has 1 amide bonds. The third-order valence-electron chi connectivity index (χ3n) is 4.86. The van der Waals surface area contributed by atoms with Crippen LogP contribution in [-0.2, 0) is 24.8 Å². The van der Waals surface area contributed by atoms with Crippen molar-refractivity contribution in [2.24, 2.45) is 5.92 Å². The SMILES string of the molecule is CCS(=O)(=O)N1CCC(C(=O)NCCOc2ccc(S(=O)(=O)N(C)C)cc2)CC1. The number of rotatable bonds is 9. The Kier molecular flexibility index (Phi) is 8.03. The normalized spacial score (nSPS) is 16.7. The van der Waals surface area contributed by atoms with Crippen LogP contribution in [0.1, 0.15) is 19.8 Å². The van der Waals surface area contributed by atoms with Gasteiger partial charge in [-0.3, -0.25) is 4.79 Å². The summed E-state index contributed by atoms with van der Waals surface area (Å²) < 4.78 is 55.9. The molecule has 1 aromatic carbocycles. The number of hydrogen-bond donors (Lipinski definition) is 1. The van der Waals surface area contributed by atoms with Gasteiger partial charge < -0.3 is 10.1 Å². The fourth-order valence-electron chi connectivity index (χ4n) is 2.98. The summed E-state index contributed by atoms with van der Waals surface area (Å²) in [4.78, 5) is 12.4. The Labute approximate surface area is 173 Å². The maximum atomic E-state index is 12.2. The van der Waals surface area contributed by atoms with Crippen molar-refractivity contribution in [1.29, 1.82) is 0 Å². The zero-order valence-corrected chi connectivity index (χ0v) is 18.6. The van der Waals surface area contributed by atoms with Crippen LogP contribution in [0.25, 0.3) is 0 Å². The first-order chi connectivity index (χ1) is 13.6. The number of nitrogens with one attached hydrogen (secondary N) is 1. The Morgan fingerprint density at radius 1 is 1.14 bits per heavy atom. The smallest absolute Gasteiger partial charge is 0.242 e. The van der Waals surface area contributed by atoms with E-state index in [0.717, 1.165) is 4.31 Å². The summed E-state index contributed by atoms with van der Waals surface area (Å²) in [6.45, 7) is 2.90. The lowest BCUT2D eigenvalue weighted by Crippen LogP contribution is -2.44. The number of ether oxygens (including phenoxy) is 1. The molecule has 1 fully saturated rings. The molecule has 11 heteroatoms. The predicted molar refractivity (Wildman–Crippen MR) is 110 cm³/mol. The van der Waals surface area contributed by atoms with Crippen molar-refractivity contribution in [1.82, 2.24) is 13.9 Å². The van der Waals surface area contributed by atoms with Crippen LogP contribution in [0.5, 0.6) is 5.75 Å². The highest BCUT2D eigenvalue weighted by atomic mass is 32.2. The number of carbonyl (C=O) groups is 1. The van der Waals surface area contributed by atoms with Gasteiger partial charge in [-0.25, -0.2) is 25.4 Å². The Morgan fingerprint density at radius 2 is 1.72 bits per heavy atom. The van der Waals surface area contributed by atoms with Gasteiger partial charge in [0.25, 0.3) is 0 Å². The summed E-state index contributed by atoms with van der Waals surface area (Å²) in [7, 11) is -3.74. The third kappa shape index (κ3) is 6.14. The fourth-order valence-corrected chi connectivity index (χ4v) is 5.02. The van der Waals surface area contributed by atoms with Gasteiger partial charge >= 0.3 is 0 Å². The molecule has 0 bridgehead atoms. The zero-order chi connectivity index (χ0) is 21.7. The van der Waals surface area contributed by atoms with Crippen LogP contribution in [-0.4, -0.2) is 77.4 Å². The number of nitrogens with zero attached hydrogens (tertiary/aromatic N) is 2. The van der Waals surface area contributed by atoms with Crippen molar-refractivity contribution in [3.63, 3.8) is 0 Å². The van der Waals surface area contributed by atoms with Gasteiger partial charge in [-0.05, 0) is 44.0 Å². The molecule has 0 spiro atoms. The molecule has 1 saturated heterocycles. The van der Waals surface area contributed by atoms with E-state index in [1.165, 1.54) is 30.5 Å². The van der Waals surface area contributed by atoms with Gasteiger partial charge in [0, 0.05) is 33.1 Å². The van der Waals surface area contributed by atoms with Gasteiger partial charge in [0.05, 0.1) is 17.2 Å². The van der Waals surface area contributed by atoms with Crippen LogP contribution < -0.4 is 10.1 Å². The highest BCUT2D eigenvalue weighted by molar-refractivity contribution is 7.89. The molecule has 2 rings (SSSR count). The second-order valence-corrected chi connectivity index (χ2v) is 11.4. The van der Waals surface area contributed by atoms with Crippen LogP contribution in [0, 0.1) is 5.92 Å². The highest BCUT2D eigenvalue weighted by Crippen LogP contribution is 2.20. The van der Waals surface area contributed by atoms with Crippen molar-refractivity contribution in [2.45, 2.75) is 24.7 Å². The molecule has 9 nitrogen and oxygen atoms in total. The topological polar surface area (TPSA) is 113 Å². The van der Waals surface area contributed by atoms with Gasteiger partial charge in [0.1, 0.15) is 12.4 Å². The molecule has 0 radical (unpaired) electrons. The second kappa shape index (κ2) is 9.88. The average Bonchev–Trinajstić information content (AvgIpc) is 2.71. The number of hydrogen-bond acceptors (Lipinski definition) is 6. The number of sulfonamides is 2. The summed E-state index contributed by atoms with van der Waals surface area (Å²) in [5.41, 5.74) is 0. The van der Waals surface area contributed by atoms with E-state index in [2.05, 4.69) is 5.32 Å². The van der Waals surface area contributed by atoms with Crippen molar-refractivity contribution >= 4 is 26.0 Å². The van der Waals surface area contributed by atoms with Gasteiger partial charge in [-0.15, -0.1) is 0 Å². The number of amides is 1. The molecular weight excluding hydrogens is 418 g/mol. The van der Waals surface area contributed by atoms with Gasteiger partial charge in [0.2, 0.25) is 26.0 Å². The first kappa shape index (κ1) is 23.6. The largest absolute Gasteiger partial charge is 0.492 e. The molecule has 164 valence electrons. The van der Waals surface area contributed by atoms with E-state index in [4.69, 9.17) is 4.74 Å². The maximum Gasteiger partial charge on any atom is 0.242 e. The summed E-state index contributed by atoms with van der Waals surface area (Å²) in [6, 6.07) is 6.09. The van der Waals surface area contributed by atoms with Crippen LogP contribution in [0.4, 0.5) is 0 Å². The molecule has 0 saturated carbocycles. The van der Waals surface area contributed by atoms with Crippen LogP contribution in [0.2, 0.25) is 0 Å². The van der Waals surface area contributed by atoms with Gasteiger partial charge in [-0.1, -0.05) is 0 Å². The van der Waals surface area contributed by atoms with E-state index in [1.807, 2.05) is 0 Å². The van der Waals surface area contributed by atoms with E-state index in [0.29, 0.717) is 38.2 Å². The van der Waals surface area contributed by atoms with Crippen molar-refractivity contribution < 1.29 is 26.4 Å². The summed E-state index contributed by atoms with van der Waals surface area (Å²) >= 11 is 0. The lowest BCUT2D eigenvalue weighted by atomic mass is 9.97. The molecule has 1 N–H and O–H groups in total. The van der Waals surface area contributed by atoms with E-state index in [1.54, 1.807) is 19.1 Å². The fraction of sp³-hybridized carbons (Fsp3) is 0.611. The van der Waals surface area contributed by atoms with E-state index in [9.17, 15) is 21.6 Å². The molecule has 1 aliphatic heterocycles. The molecule has 1 aromatic rings. The lowest BCUT2D eigenvalue weighted by Gasteiger charge is -2.30. The summed E-state index contributed by atoms with van der Waals surface area (Å²) in [5.74, 6) is 0.280. The monoisotopic (exact) mass is 447 g/mol. The average molecular weight is 448 g/mol. The molecule has 0 atom stereocenters. The standard InChI is InChI=1S/C18H29N3O6S2/c1-4-28(23,24)21-12-9-15(10-13-21)18(22)19-11-14-27-16-5-7-17(8-6-16)29(25,26)20(2)3/h5-8,15H,4,9-14H2,1-3H3,(H,19,22). The predicted octanol–water partition coefficient (Wildman–Crippen LogP) is 0.494. The molecule has 29 heavy (non-hydrogen) atoms. The quantitative estimate of drug-likeness (QED) is 0.552. The Balaban J connectivity index is 1.74. The molecule has 0 unspecified atom stereocenters. The van der Waals surface area contributed by atoms with Crippen LogP contribution in [0.3, 0.4) is 0 Å². The van der Waals surface area contributed by atoms with Gasteiger partial charge in [0.15, 0.2) is 0 Å². The maximum absolute atomic E-state index is 12.2. The minimum absolute atomic E-state index is 0.0727. The third-order valence-corrected chi connectivity index (χ3v) is 8.57. The number of benzene rings is 1. The second-order valence-electron chi connectivity index (χ2n) is 6.97. The molecule has 1 heterocycles. The van der Waals surface area contributed by atoms with E-state index >= 15 is 0 Å². The zero-order valence-electron chi connectivity index (χ0n) is 17.0. The van der Waals surface area contributed by atoms with Crippen molar-refractivity contribution in [2.75, 3.05) is 46.1 Å². The van der Waals surface area contributed by atoms with Gasteiger partial charge in [-0.2, -0.15) is 0 Å². The van der Waals surface area contributed by atoms with Crippen LogP contribution in [0.15, 0.2) is 29.2 Å². The summed E-state index contributed by atoms with van der Waals surface area (Å²) in [6.07, 6.45) is 1.02. The lowest BCUT2D eigenvalue weighted by molar-refractivity contribution is -0.126. The van der Waals surface area contributed by atoms with E-state index in [-0.39, 0.29) is 29.1 Å². The Bertz CT molecular complexity index is 890. The number of piperidine rings is 1. The van der Waals surface area contributed by atoms with Crippen molar-refractivity contribution in [3.8, 4) is 5.75 Å². The number of carbonyl (C=O) groups excluding carboxylic acids is 1. The minimum atomic E-state index is -3.48. The summed E-state index contributed by atoms with van der Waals surface area (Å²) in [5, 5.41) is 2.81. The minimum Gasteiger partial charge on any atom is -0.492 e. The van der Waals surface area contributed by atoms with Crippen molar-refractivity contribution in [3.05, 3.63) is 24.3 Å². The molecule has 0 aromatic heterocycles. The molecule has 1 aliphatic rings. The first-order valence-corrected chi connectivity index (χ1v) is 12.5. The Morgan fingerprint density at radius 3 is 2.24 bits per heavy atom. The van der Waals surface area contributed by atoms with E-state index < -0.39 is 20.0 Å².